The number of nitrogens with two attached hydrogens (primary N) is 1. The molecule has 0 aliphatic heterocycles. The van der Waals surface area contributed by atoms with Crippen LogP contribution in [0.1, 0.15) is 23.0 Å². The molecule has 1 aromatic carbocycles. The monoisotopic (exact) mass is 324 g/mol. The van der Waals surface area contributed by atoms with Crippen LogP contribution in [0, 0.1) is 6.92 Å². The molecular weight excluding hydrogens is 308 g/mol. The van der Waals surface area contributed by atoms with Gasteiger partial charge in [-0.2, -0.15) is 0 Å². The number of carbonyl (C=O) groups excluding carboxylic acids is 1. The number of aryl methyl sites for hydroxylation is 1. The summed E-state index contributed by atoms with van der Waals surface area (Å²) >= 11 is 3.42. The van der Waals surface area contributed by atoms with E-state index in [0.717, 1.165) is 21.0 Å². The summed E-state index contributed by atoms with van der Waals surface area (Å²) < 4.78 is 6.64. The summed E-state index contributed by atoms with van der Waals surface area (Å²) in [6.07, 6.45) is 0. The molecule has 19 heavy (non-hydrogen) atoms. The third-order valence-electron chi connectivity index (χ3n) is 3.42. The molecule has 0 radical (unpaired) electrons. The van der Waals surface area contributed by atoms with Crippen LogP contribution >= 0.6 is 15.9 Å². The van der Waals surface area contributed by atoms with E-state index >= 15 is 0 Å². The second-order valence-electron chi connectivity index (χ2n) is 4.70. The number of rotatable bonds is 3. The molecule has 0 spiro atoms. The van der Waals surface area contributed by atoms with Crippen LogP contribution in [-0.4, -0.2) is 30.4 Å². The van der Waals surface area contributed by atoms with Gasteiger partial charge in [0.15, 0.2) is 5.76 Å². The molecule has 0 saturated heterocycles. The van der Waals surface area contributed by atoms with E-state index < -0.39 is 0 Å². The van der Waals surface area contributed by atoms with Crippen molar-refractivity contribution >= 4 is 32.8 Å². The van der Waals surface area contributed by atoms with E-state index in [0.29, 0.717) is 12.3 Å². The van der Waals surface area contributed by atoms with E-state index in [1.165, 1.54) is 0 Å². The first kappa shape index (κ1) is 14.1. The minimum atomic E-state index is -0.136. The highest BCUT2D eigenvalue weighted by Crippen LogP contribution is 2.28. The fourth-order valence-electron chi connectivity index (χ4n) is 1.92. The SMILES string of the molecule is Cc1c(C(=O)N(C)C(C)CN)oc2ccc(Br)cc12. The van der Waals surface area contributed by atoms with Crippen molar-refractivity contribution in [2.45, 2.75) is 19.9 Å². The number of carbonyl (C=O) groups is 1. The van der Waals surface area contributed by atoms with Crippen molar-refractivity contribution in [3.8, 4) is 0 Å². The van der Waals surface area contributed by atoms with Gasteiger partial charge in [0.1, 0.15) is 5.58 Å². The van der Waals surface area contributed by atoms with E-state index in [1.54, 1.807) is 11.9 Å². The van der Waals surface area contributed by atoms with Gasteiger partial charge in [-0.25, -0.2) is 0 Å². The van der Waals surface area contributed by atoms with Crippen molar-refractivity contribution in [3.63, 3.8) is 0 Å². The lowest BCUT2D eigenvalue weighted by Gasteiger charge is -2.22. The van der Waals surface area contributed by atoms with Crippen molar-refractivity contribution in [3.05, 3.63) is 34.0 Å². The highest BCUT2D eigenvalue weighted by atomic mass is 79.9. The Kier molecular flexibility index (Phi) is 3.96. The molecule has 0 saturated carbocycles. The molecule has 2 aromatic rings. The Morgan fingerprint density at radius 1 is 1.53 bits per heavy atom. The summed E-state index contributed by atoms with van der Waals surface area (Å²) in [6.45, 7) is 4.23. The number of hydrogen-bond acceptors (Lipinski definition) is 3. The summed E-state index contributed by atoms with van der Waals surface area (Å²) in [5, 5.41) is 0.950. The number of halogens is 1. The van der Waals surface area contributed by atoms with E-state index in [-0.39, 0.29) is 11.9 Å². The minimum Gasteiger partial charge on any atom is -0.451 e. The largest absolute Gasteiger partial charge is 0.451 e. The van der Waals surface area contributed by atoms with Crippen molar-refractivity contribution in [1.82, 2.24) is 4.90 Å². The van der Waals surface area contributed by atoms with E-state index in [9.17, 15) is 4.79 Å². The zero-order chi connectivity index (χ0) is 14.2. The Hall–Kier alpha value is -1.33. The number of benzene rings is 1. The maximum absolute atomic E-state index is 12.4. The third kappa shape index (κ3) is 2.53. The second kappa shape index (κ2) is 5.35. The number of fused-ring (bicyclic) bond motifs is 1. The maximum atomic E-state index is 12.4. The molecule has 0 aliphatic rings. The highest BCUT2D eigenvalue weighted by Gasteiger charge is 2.23. The molecule has 1 amide bonds. The van der Waals surface area contributed by atoms with Crippen molar-refractivity contribution < 1.29 is 9.21 Å². The van der Waals surface area contributed by atoms with Gasteiger partial charge in [0.2, 0.25) is 0 Å². The average molecular weight is 325 g/mol. The van der Waals surface area contributed by atoms with Crippen LogP contribution in [0.25, 0.3) is 11.0 Å². The van der Waals surface area contributed by atoms with Crippen LogP contribution in [0.2, 0.25) is 0 Å². The zero-order valence-electron chi connectivity index (χ0n) is 11.2. The van der Waals surface area contributed by atoms with Crippen LogP contribution in [-0.2, 0) is 0 Å². The Morgan fingerprint density at radius 3 is 2.84 bits per heavy atom. The molecule has 4 nitrogen and oxygen atoms in total. The second-order valence-corrected chi connectivity index (χ2v) is 5.61. The van der Waals surface area contributed by atoms with Crippen LogP contribution in [0.15, 0.2) is 27.1 Å². The lowest BCUT2D eigenvalue weighted by molar-refractivity contribution is 0.0717. The lowest BCUT2D eigenvalue weighted by Crippen LogP contribution is -2.39. The molecule has 102 valence electrons. The molecule has 1 aromatic heterocycles. The Labute approximate surface area is 120 Å². The quantitative estimate of drug-likeness (QED) is 0.944. The van der Waals surface area contributed by atoms with Gasteiger partial charge in [-0.3, -0.25) is 4.79 Å². The molecule has 5 heteroatoms. The number of amides is 1. The number of likely N-dealkylation sites (N-methyl/N-ethyl adjacent to an activating group) is 1. The number of furan rings is 1. The Balaban J connectivity index is 2.46. The molecule has 1 unspecified atom stereocenters. The normalized spacial score (nSPS) is 12.7. The average Bonchev–Trinajstić information content (AvgIpc) is 2.73. The predicted octanol–water partition coefficient (Wildman–Crippen LogP) is 2.92. The van der Waals surface area contributed by atoms with E-state index in [1.807, 2.05) is 32.0 Å². The molecule has 1 atom stereocenters. The highest BCUT2D eigenvalue weighted by molar-refractivity contribution is 9.10. The zero-order valence-corrected chi connectivity index (χ0v) is 12.8. The number of nitrogens with zero attached hydrogens (tertiary/aromatic N) is 1. The van der Waals surface area contributed by atoms with Gasteiger partial charge in [-0.15, -0.1) is 0 Å². The minimum absolute atomic E-state index is 0.0214. The standard InChI is InChI=1S/C14H17BrN2O2/c1-8(7-16)17(3)14(18)13-9(2)11-6-10(15)4-5-12(11)19-13/h4-6,8H,7,16H2,1-3H3. The van der Waals surface area contributed by atoms with Crippen LogP contribution in [0.4, 0.5) is 0 Å². The topological polar surface area (TPSA) is 59.5 Å². The molecule has 1 heterocycles. The molecule has 0 bridgehead atoms. The first-order valence-electron chi connectivity index (χ1n) is 6.11. The summed E-state index contributed by atoms with van der Waals surface area (Å²) in [4.78, 5) is 14.0. The van der Waals surface area contributed by atoms with Crippen LogP contribution < -0.4 is 5.73 Å². The molecule has 2 rings (SSSR count). The number of hydrogen-bond donors (Lipinski definition) is 1. The lowest BCUT2D eigenvalue weighted by atomic mass is 10.1. The van der Waals surface area contributed by atoms with Gasteiger partial charge in [-0.05, 0) is 32.0 Å². The Bertz CT molecular complexity index is 621. The smallest absolute Gasteiger partial charge is 0.289 e. The maximum Gasteiger partial charge on any atom is 0.289 e. The van der Waals surface area contributed by atoms with Gasteiger partial charge in [0.25, 0.3) is 5.91 Å². The van der Waals surface area contributed by atoms with Crippen LogP contribution in [0.3, 0.4) is 0 Å². The summed E-state index contributed by atoms with van der Waals surface area (Å²) in [7, 11) is 1.74. The Morgan fingerprint density at radius 2 is 2.21 bits per heavy atom. The molecule has 0 fully saturated rings. The third-order valence-corrected chi connectivity index (χ3v) is 3.91. The van der Waals surface area contributed by atoms with Gasteiger partial charge in [-0.1, -0.05) is 15.9 Å². The predicted molar refractivity (Wildman–Crippen MR) is 79.3 cm³/mol. The first-order chi connectivity index (χ1) is 8.95. The van der Waals surface area contributed by atoms with Crippen LogP contribution in [0.5, 0.6) is 0 Å². The molecular formula is C14H17BrN2O2. The fraction of sp³-hybridized carbons (Fsp3) is 0.357. The summed E-state index contributed by atoms with van der Waals surface area (Å²) in [5.74, 6) is 0.249. The summed E-state index contributed by atoms with van der Waals surface area (Å²) in [5.41, 5.74) is 7.17. The van der Waals surface area contributed by atoms with E-state index in [4.69, 9.17) is 10.2 Å². The van der Waals surface area contributed by atoms with E-state index in [2.05, 4.69) is 15.9 Å². The molecule has 0 aliphatic carbocycles. The fourth-order valence-corrected chi connectivity index (χ4v) is 2.28. The van der Waals surface area contributed by atoms with Crippen molar-refractivity contribution in [2.75, 3.05) is 13.6 Å². The summed E-state index contributed by atoms with van der Waals surface area (Å²) in [6, 6.07) is 5.69. The van der Waals surface area contributed by atoms with Gasteiger partial charge < -0.3 is 15.1 Å². The van der Waals surface area contributed by atoms with Gasteiger partial charge >= 0.3 is 0 Å². The van der Waals surface area contributed by atoms with Gasteiger partial charge in [0, 0.05) is 35.1 Å². The van der Waals surface area contributed by atoms with Gasteiger partial charge in [0.05, 0.1) is 0 Å². The molecule has 2 N–H and O–H groups in total. The van der Waals surface area contributed by atoms with Crippen molar-refractivity contribution in [1.29, 1.82) is 0 Å². The first-order valence-corrected chi connectivity index (χ1v) is 6.91. The van der Waals surface area contributed by atoms with Crippen molar-refractivity contribution in [2.24, 2.45) is 5.73 Å².